The first-order valence-corrected chi connectivity index (χ1v) is 6.55. The average molecular weight is 238 g/mol. The van der Waals surface area contributed by atoms with Crippen LogP contribution < -0.4 is 5.73 Å². The summed E-state index contributed by atoms with van der Waals surface area (Å²) < 4.78 is 1.84. The lowest BCUT2D eigenvalue weighted by molar-refractivity contribution is 0.280. The molecule has 3 N–H and O–H groups in total. The van der Waals surface area contributed by atoms with E-state index >= 15 is 0 Å². The number of aliphatic hydroxyl groups is 1. The molecule has 0 saturated heterocycles. The molecule has 17 heavy (non-hydrogen) atoms. The van der Waals surface area contributed by atoms with Gasteiger partial charge in [-0.1, -0.05) is 24.5 Å². The number of aryl methyl sites for hydroxylation is 1. The lowest BCUT2D eigenvalue weighted by Crippen LogP contribution is -2.39. The zero-order chi connectivity index (χ0) is 12.1. The number of hydrogen-bond donors (Lipinski definition) is 2. The van der Waals surface area contributed by atoms with Crippen molar-refractivity contribution in [3.05, 3.63) is 11.9 Å². The van der Waals surface area contributed by atoms with Gasteiger partial charge >= 0.3 is 0 Å². The van der Waals surface area contributed by atoms with Crippen LogP contribution in [0.1, 0.15) is 50.6 Å². The molecule has 5 heteroatoms. The molecule has 0 unspecified atom stereocenters. The van der Waals surface area contributed by atoms with Gasteiger partial charge in [-0.2, -0.15) is 0 Å². The molecular weight excluding hydrogens is 216 g/mol. The highest BCUT2D eigenvalue weighted by Crippen LogP contribution is 2.33. The predicted molar refractivity (Wildman–Crippen MR) is 65.3 cm³/mol. The molecule has 5 nitrogen and oxygen atoms in total. The lowest BCUT2D eigenvalue weighted by Gasteiger charge is -2.31. The highest BCUT2D eigenvalue weighted by molar-refractivity contribution is 5.10. The molecule has 0 bridgehead atoms. The van der Waals surface area contributed by atoms with Gasteiger partial charge in [0.05, 0.1) is 11.7 Å². The molecule has 0 spiro atoms. The van der Waals surface area contributed by atoms with Crippen molar-refractivity contribution >= 4 is 0 Å². The first-order chi connectivity index (χ1) is 8.24. The van der Waals surface area contributed by atoms with Gasteiger partial charge in [-0.25, -0.2) is 0 Å². The molecule has 1 saturated carbocycles. The molecule has 1 heterocycles. The summed E-state index contributed by atoms with van der Waals surface area (Å²) in [6, 6.07) is 0. The van der Waals surface area contributed by atoms with Gasteiger partial charge in [0, 0.05) is 13.2 Å². The second kappa shape index (κ2) is 5.60. The van der Waals surface area contributed by atoms with E-state index in [4.69, 9.17) is 10.8 Å². The Morgan fingerprint density at radius 2 is 2.06 bits per heavy atom. The molecule has 0 amide bonds. The van der Waals surface area contributed by atoms with E-state index in [1.54, 1.807) is 0 Å². The van der Waals surface area contributed by atoms with Crippen LogP contribution in [-0.4, -0.2) is 26.7 Å². The van der Waals surface area contributed by atoms with E-state index < -0.39 is 0 Å². The Hall–Kier alpha value is -0.940. The fourth-order valence-electron chi connectivity index (χ4n) is 2.46. The third kappa shape index (κ3) is 3.04. The summed E-state index contributed by atoms with van der Waals surface area (Å²) in [7, 11) is 0. The van der Waals surface area contributed by atoms with Crippen molar-refractivity contribution in [1.82, 2.24) is 15.0 Å². The summed E-state index contributed by atoms with van der Waals surface area (Å²) >= 11 is 0. The fraction of sp³-hybridized carbons (Fsp3) is 0.833. The Bertz CT molecular complexity index is 344. The molecule has 1 aliphatic rings. The number of hydrogen-bond acceptors (Lipinski definition) is 4. The minimum Gasteiger partial charge on any atom is -0.396 e. The molecule has 0 aliphatic heterocycles. The predicted octanol–water partition coefficient (Wildman–Crippen LogP) is 1.17. The van der Waals surface area contributed by atoms with Crippen LogP contribution in [0.15, 0.2) is 6.20 Å². The Labute approximate surface area is 102 Å². The highest BCUT2D eigenvalue weighted by atomic mass is 16.2. The zero-order valence-electron chi connectivity index (χ0n) is 10.3. The van der Waals surface area contributed by atoms with E-state index in [0.29, 0.717) is 0 Å². The fourth-order valence-corrected chi connectivity index (χ4v) is 2.46. The molecule has 0 aromatic carbocycles. The number of nitrogens with two attached hydrogens (primary N) is 1. The quantitative estimate of drug-likeness (QED) is 0.755. The maximum absolute atomic E-state index is 8.73. The van der Waals surface area contributed by atoms with Crippen LogP contribution in [0.25, 0.3) is 0 Å². The van der Waals surface area contributed by atoms with Crippen LogP contribution >= 0.6 is 0 Å². The van der Waals surface area contributed by atoms with E-state index in [1.165, 1.54) is 19.3 Å². The maximum Gasteiger partial charge on any atom is 0.102 e. The number of aliphatic hydroxyl groups excluding tert-OH is 1. The normalized spacial score (nSPS) is 19.4. The number of unbranched alkanes of at least 4 members (excludes halogenated alkanes) is 1. The van der Waals surface area contributed by atoms with Crippen molar-refractivity contribution in [1.29, 1.82) is 0 Å². The standard InChI is InChI=1S/C12H22N4O/c13-12(6-2-1-3-7-12)11-10-16(15-14-11)8-4-5-9-17/h10,17H,1-9,13H2. The van der Waals surface area contributed by atoms with E-state index in [-0.39, 0.29) is 12.1 Å². The Kier molecular flexibility index (Phi) is 4.12. The molecule has 1 fully saturated rings. The van der Waals surface area contributed by atoms with Crippen molar-refractivity contribution in [2.24, 2.45) is 5.73 Å². The van der Waals surface area contributed by atoms with Gasteiger partial charge in [0.25, 0.3) is 0 Å². The largest absolute Gasteiger partial charge is 0.396 e. The second-order valence-electron chi connectivity index (χ2n) is 5.01. The van der Waals surface area contributed by atoms with Crippen LogP contribution in [-0.2, 0) is 12.1 Å². The lowest BCUT2D eigenvalue weighted by atomic mass is 9.80. The minimum atomic E-state index is -0.256. The molecule has 0 radical (unpaired) electrons. The van der Waals surface area contributed by atoms with Crippen molar-refractivity contribution < 1.29 is 5.11 Å². The van der Waals surface area contributed by atoms with Crippen LogP contribution in [0.5, 0.6) is 0 Å². The van der Waals surface area contributed by atoms with E-state index in [1.807, 2.05) is 10.9 Å². The average Bonchev–Trinajstić information content (AvgIpc) is 2.80. The number of rotatable bonds is 5. The molecule has 96 valence electrons. The summed E-state index contributed by atoms with van der Waals surface area (Å²) in [5.74, 6) is 0. The smallest absolute Gasteiger partial charge is 0.102 e. The summed E-state index contributed by atoms with van der Waals surface area (Å²) in [4.78, 5) is 0. The number of nitrogens with zero attached hydrogens (tertiary/aromatic N) is 3. The molecule has 1 aromatic rings. The molecular formula is C12H22N4O. The Balaban J connectivity index is 1.96. The Morgan fingerprint density at radius 1 is 1.29 bits per heavy atom. The van der Waals surface area contributed by atoms with Crippen LogP contribution in [0, 0.1) is 0 Å². The van der Waals surface area contributed by atoms with Gasteiger partial charge in [0.15, 0.2) is 0 Å². The number of aromatic nitrogens is 3. The van der Waals surface area contributed by atoms with Gasteiger partial charge in [-0.15, -0.1) is 5.10 Å². The molecule has 2 rings (SSSR count). The van der Waals surface area contributed by atoms with Crippen molar-refractivity contribution in [3.8, 4) is 0 Å². The monoisotopic (exact) mass is 238 g/mol. The summed E-state index contributed by atoms with van der Waals surface area (Å²) in [5.41, 5.74) is 7.07. The van der Waals surface area contributed by atoms with E-state index in [9.17, 15) is 0 Å². The van der Waals surface area contributed by atoms with Crippen molar-refractivity contribution in [2.75, 3.05) is 6.61 Å². The van der Waals surface area contributed by atoms with Gasteiger partial charge < -0.3 is 10.8 Å². The van der Waals surface area contributed by atoms with Crippen LogP contribution in [0.4, 0.5) is 0 Å². The third-order valence-corrected chi connectivity index (χ3v) is 3.59. The van der Waals surface area contributed by atoms with Crippen LogP contribution in [0.2, 0.25) is 0 Å². The second-order valence-corrected chi connectivity index (χ2v) is 5.01. The SMILES string of the molecule is NC1(c2cn(CCCCO)nn2)CCCCC1. The highest BCUT2D eigenvalue weighted by Gasteiger charge is 2.32. The molecule has 1 aromatic heterocycles. The summed E-state index contributed by atoms with van der Waals surface area (Å²) in [6.07, 6.45) is 9.40. The third-order valence-electron chi connectivity index (χ3n) is 3.59. The van der Waals surface area contributed by atoms with Gasteiger partial charge in [0.2, 0.25) is 0 Å². The van der Waals surface area contributed by atoms with E-state index in [2.05, 4.69) is 10.3 Å². The van der Waals surface area contributed by atoms with Crippen LogP contribution in [0.3, 0.4) is 0 Å². The maximum atomic E-state index is 8.73. The minimum absolute atomic E-state index is 0.238. The van der Waals surface area contributed by atoms with Gasteiger partial charge in [-0.05, 0) is 25.7 Å². The first-order valence-electron chi connectivity index (χ1n) is 6.55. The topological polar surface area (TPSA) is 77.0 Å². The molecule has 0 atom stereocenters. The van der Waals surface area contributed by atoms with Crippen molar-refractivity contribution in [2.45, 2.75) is 57.0 Å². The van der Waals surface area contributed by atoms with Crippen molar-refractivity contribution in [3.63, 3.8) is 0 Å². The summed E-state index contributed by atoms with van der Waals surface area (Å²) in [5, 5.41) is 17.1. The first kappa shape index (κ1) is 12.5. The summed E-state index contributed by atoms with van der Waals surface area (Å²) in [6.45, 7) is 1.05. The van der Waals surface area contributed by atoms with Gasteiger partial charge in [0.1, 0.15) is 5.69 Å². The zero-order valence-corrected chi connectivity index (χ0v) is 10.3. The molecule has 1 aliphatic carbocycles. The van der Waals surface area contributed by atoms with Gasteiger partial charge in [-0.3, -0.25) is 4.68 Å². The van der Waals surface area contributed by atoms with E-state index in [0.717, 1.165) is 37.9 Å². The Morgan fingerprint density at radius 3 is 2.76 bits per heavy atom.